The zero-order chi connectivity index (χ0) is 23.2. The van der Waals surface area contributed by atoms with Crippen molar-refractivity contribution in [2.24, 2.45) is 0 Å². The summed E-state index contributed by atoms with van der Waals surface area (Å²) < 4.78 is 29.2. The average molecular weight is 466 g/mol. The van der Waals surface area contributed by atoms with Crippen molar-refractivity contribution in [2.75, 3.05) is 35.8 Å². The second kappa shape index (κ2) is 8.04. The largest absolute Gasteiger partial charge is 0.497 e. The number of fused-ring (bicyclic) bond motifs is 2. The lowest BCUT2D eigenvalue weighted by Gasteiger charge is -2.25. The van der Waals surface area contributed by atoms with Crippen molar-refractivity contribution in [3.05, 3.63) is 59.8 Å². The Morgan fingerprint density at radius 3 is 2.73 bits per heavy atom. The van der Waals surface area contributed by atoms with Crippen LogP contribution in [-0.2, 0) is 26.1 Å². The van der Waals surface area contributed by atoms with Crippen LogP contribution in [0.15, 0.2) is 48.7 Å². The molecule has 2 aromatic carbocycles. The minimum atomic E-state index is -3.08. The lowest BCUT2D eigenvalue weighted by molar-refractivity contribution is -0.118. The predicted molar refractivity (Wildman–Crippen MR) is 126 cm³/mol. The van der Waals surface area contributed by atoms with Gasteiger partial charge in [-0.25, -0.2) is 13.4 Å². The molecule has 1 aromatic heterocycles. The zero-order valence-corrected chi connectivity index (χ0v) is 19.1. The van der Waals surface area contributed by atoms with Gasteiger partial charge in [0, 0.05) is 37.5 Å². The maximum Gasteiger partial charge on any atom is 0.229 e. The summed E-state index contributed by atoms with van der Waals surface area (Å²) in [5, 5.41) is 3.18. The van der Waals surface area contributed by atoms with Crippen molar-refractivity contribution < 1.29 is 17.9 Å². The van der Waals surface area contributed by atoms with E-state index in [2.05, 4.69) is 10.3 Å². The summed E-state index contributed by atoms with van der Waals surface area (Å²) in [6.07, 6.45) is 1.95. The molecule has 0 bridgehead atoms. The summed E-state index contributed by atoms with van der Waals surface area (Å²) in [5.41, 5.74) is 3.78. The van der Waals surface area contributed by atoms with E-state index in [9.17, 15) is 13.2 Å². The summed E-state index contributed by atoms with van der Waals surface area (Å²) in [5.74, 6) is 1.75. The monoisotopic (exact) mass is 465 g/mol. The Morgan fingerprint density at radius 2 is 1.91 bits per heavy atom. The third kappa shape index (κ3) is 4.09. The Hall–Kier alpha value is -3.66. The van der Waals surface area contributed by atoms with E-state index < -0.39 is 9.84 Å². The number of carbonyl (C=O) groups is 1. The molecule has 3 heterocycles. The molecule has 0 saturated heterocycles. The Bertz CT molecular complexity index is 1360. The molecule has 10 heteroatoms. The molecule has 0 spiro atoms. The molecule has 1 N–H and O–H groups in total. The number of hydrogen-bond donors (Lipinski definition) is 1. The van der Waals surface area contributed by atoms with Gasteiger partial charge in [0.2, 0.25) is 11.9 Å². The second-order valence-electron chi connectivity index (χ2n) is 8.10. The number of nitrogens with zero attached hydrogens (tertiary/aromatic N) is 4. The van der Waals surface area contributed by atoms with Gasteiger partial charge in [-0.15, -0.1) is 0 Å². The van der Waals surface area contributed by atoms with E-state index in [-0.39, 0.29) is 17.4 Å². The Labute approximate surface area is 191 Å². The van der Waals surface area contributed by atoms with Gasteiger partial charge < -0.3 is 19.9 Å². The van der Waals surface area contributed by atoms with Gasteiger partial charge >= 0.3 is 0 Å². The Morgan fingerprint density at radius 1 is 1.09 bits per heavy atom. The van der Waals surface area contributed by atoms with E-state index >= 15 is 0 Å². The average Bonchev–Trinajstić information content (AvgIpc) is 3.05. The first-order chi connectivity index (χ1) is 15.8. The van der Waals surface area contributed by atoms with Gasteiger partial charge in [0.05, 0.1) is 24.8 Å². The molecule has 0 atom stereocenters. The maximum absolute atomic E-state index is 12.6. The molecule has 0 fully saturated rings. The van der Waals surface area contributed by atoms with Crippen molar-refractivity contribution in [2.45, 2.75) is 17.9 Å². The van der Waals surface area contributed by atoms with Crippen LogP contribution >= 0.6 is 0 Å². The molecular weight excluding hydrogens is 442 g/mol. The normalized spacial score (nSPS) is 16.7. The molecule has 33 heavy (non-hydrogen) atoms. The fourth-order valence-electron chi connectivity index (χ4n) is 4.14. The number of rotatable bonds is 4. The zero-order valence-electron chi connectivity index (χ0n) is 18.3. The van der Waals surface area contributed by atoms with E-state index in [0.717, 1.165) is 16.8 Å². The molecule has 9 nitrogen and oxygen atoms in total. The highest BCUT2D eigenvalue weighted by atomic mass is 32.2. The minimum absolute atomic E-state index is 0.0224. The van der Waals surface area contributed by atoms with Gasteiger partial charge in [0.1, 0.15) is 11.4 Å². The van der Waals surface area contributed by atoms with Crippen molar-refractivity contribution >= 4 is 44.6 Å². The highest BCUT2D eigenvalue weighted by Crippen LogP contribution is 2.37. The third-order valence-corrected chi connectivity index (χ3v) is 7.37. The topological polar surface area (TPSA) is 105 Å². The maximum atomic E-state index is 12.6. The smallest absolute Gasteiger partial charge is 0.229 e. The molecule has 2 aliphatic rings. The van der Waals surface area contributed by atoms with Crippen LogP contribution in [-0.4, -0.2) is 45.0 Å². The summed E-state index contributed by atoms with van der Waals surface area (Å²) in [6.45, 7) is 0.455. The first kappa shape index (κ1) is 21.2. The van der Waals surface area contributed by atoms with Gasteiger partial charge in [0.15, 0.2) is 15.7 Å². The quantitative estimate of drug-likeness (QED) is 0.627. The molecule has 1 amide bonds. The van der Waals surface area contributed by atoms with Crippen molar-refractivity contribution in [3.63, 3.8) is 0 Å². The number of hydrogen-bond acceptors (Lipinski definition) is 8. The molecule has 0 saturated carbocycles. The van der Waals surface area contributed by atoms with Gasteiger partial charge in [-0.05, 0) is 35.4 Å². The minimum Gasteiger partial charge on any atom is -0.497 e. The first-order valence-electron chi connectivity index (χ1n) is 10.5. The molecule has 170 valence electrons. The van der Waals surface area contributed by atoms with E-state index in [4.69, 9.17) is 9.72 Å². The lowest BCUT2D eigenvalue weighted by Crippen LogP contribution is -2.25. The summed E-state index contributed by atoms with van der Waals surface area (Å²) >= 11 is 0. The van der Waals surface area contributed by atoms with E-state index in [0.29, 0.717) is 41.9 Å². The number of methoxy groups -OCH3 is 1. The number of ether oxygens (including phenoxy) is 1. The van der Waals surface area contributed by atoms with E-state index in [1.807, 2.05) is 47.4 Å². The molecule has 0 unspecified atom stereocenters. The second-order valence-corrected chi connectivity index (χ2v) is 10.2. The number of anilines is 5. The van der Waals surface area contributed by atoms with E-state index in [1.165, 1.54) is 0 Å². The predicted octanol–water partition coefficient (Wildman–Crippen LogP) is 3.16. The summed E-state index contributed by atoms with van der Waals surface area (Å²) in [4.78, 5) is 25.3. The van der Waals surface area contributed by atoms with Crippen LogP contribution in [0.2, 0.25) is 0 Å². The summed E-state index contributed by atoms with van der Waals surface area (Å²) in [6, 6.07) is 13.1. The van der Waals surface area contributed by atoms with Crippen LogP contribution in [0.4, 0.5) is 28.8 Å². The Balaban J connectivity index is 1.52. The number of amides is 1. The highest BCUT2D eigenvalue weighted by Gasteiger charge is 2.28. The van der Waals surface area contributed by atoms with Crippen molar-refractivity contribution in [1.82, 2.24) is 9.97 Å². The fraction of sp³-hybridized carbons (Fsp3) is 0.261. The molecule has 2 aliphatic heterocycles. The lowest BCUT2D eigenvalue weighted by atomic mass is 10.1. The fourth-order valence-corrected chi connectivity index (χ4v) is 5.74. The molecule has 5 rings (SSSR count). The number of benzene rings is 2. The van der Waals surface area contributed by atoms with Crippen LogP contribution in [0, 0.1) is 0 Å². The molecule has 3 aromatic rings. The molecule has 0 radical (unpaired) electrons. The van der Waals surface area contributed by atoms with Gasteiger partial charge in [-0.2, -0.15) is 4.98 Å². The van der Waals surface area contributed by atoms with Crippen LogP contribution in [0.3, 0.4) is 0 Å². The van der Waals surface area contributed by atoms with Gasteiger partial charge in [-0.1, -0.05) is 12.1 Å². The number of carbonyl (C=O) groups excluding carboxylic acids is 1. The van der Waals surface area contributed by atoms with Gasteiger partial charge in [-0.3, -0.25) is 4.79 Å². The van der Waals surface area contributed by atoms with Crippen LogP contribution in [0.1, 0.15) is 17.5 Å². The van der Waals surface area contributed by atoms with Crippen LogP contribution in [0.5, 0.6) is 5.75 Å². The van der Waals surface area contributed by atoms with Crippen molar-refractivity contribution in [1.29, 1.82) is 0 Å². The molecule has 0 aliphatic carbocycles. The third-order valence-electron chi connectivity index (χ3n) is 5.87. The summed E-state index contributed by atoms with van der Waals surface area (Å²) in [7, 11) is 0.246. The SMILES string of the molecule is COc1cccc(N2CCC(=O)N(C)c3cnc(Nc4ccc5c(c4)CS(=O)(=O)C5)nc32)c1. The van der Waals surface area contributed by atoms with Crippen molar-refractivity contribution in [3.8, 4) is 5.75 Å². The number of nitrogens with one attached hydrogen (secondary N) is 1. The van der Waals surface area contributed by atoms with E-state index in [1.54, 1.807) is 25.3 Å². The molecular formula is C23H23N5O4S. The standard InChI is InChI=1S/C23H23N5O4S/c1-27-20-12-24-23(25-17-7-6-15-13-33(30,31)14-16(15)10-17)26-22(20)28(9-8-21(27)29)18-4-3-5-19(11-18)32-2/h3-7,10-12H,8-9,13-14H2,1-2H3,(H,24,25,26). The first-order valence-corrected chi connectivity index (χ1v) is 12.3. The number of sulfone groups is 1. The Kier molecular flexibility index (Phi) is 5.16. The van der Waals surface area contributed by atoms with Crippen LogP contribution in [0.25, 0.3) is 0 Å². The van der Waals surface area contributed by atoms with Crippen LogP contribution < -0.4 is 19.9 Å². The highest BCUT2D eigenvalue weighted by molar-refractivity contribution is 7.90. The van der Waals surface area contributed by atoms with Gasteiger partial charge in [0.25, 0.3) is 0 Å². The number of aromatic nitrogens is 2.